The summed E-state index contributed by atoms with van der Waals surface area (Å²) in [7, 11) is 1.82. The predicted molar refractivity (Wildman–Crippen MR) is 113 cm³/mol. The maximum absolute atomic E-state index is 12.7. The van der Waals surface area contributed by atoms with Crippen LogP contribution in [0, 0.1) is 11.8 Å². The lowest BCUT2D eigenvalue weighted by Gasteiger charge is -2.36. The van der Waals surface area contributed by atoms with Crippen molar-refractivity contribution in [1.29, 1.82) is 0 Å². The van der Waals surface area contributed by atoms with E-state index < -0.39 is 0 Å². The molecule has 150 valence electrons. The van der Waals surface area contributed by atoms with Crippen molar-refractivity contribution in [3.63, 3.8) is 0 Å². The number of nitrogens with zero attached hydrogens (tertiary/aromatic N) is 1. The van der Waals surface area contributed by atoms with Crippen molar-refractivity contribution in [2.45, 2.75) is 57.0 Å². The third kappa shape index (κ3) is 5.98. The summed E-state index contributed by atoms with van der Waals surface area (Å²) >= 11 is 1.59. The Kier molecular flexibility index (Phi) is 8.17. The van der Waals surface area contributed by atoms with Crippen LogP contribution in [-0.2, 0) is 9.59 Å². The second kappa shape index (κ2) is 10.1. The lowest BCUT2D eigenvalue weighted by atomic mass is 9.78. The number of carbonyl (C=O) groups is 2. The molecule has 1 aromatic rings. The minimum atomic E-state index is -0.351. The van der Waals surface area contributed by atoms with Crippen molar-refractivity contribution in [3.05, 3.63) is 24.3 Å². The SMILES string of the molecule is CSc1ccccc1NC(=O)CN(C)[C@H](C)C(=O)N[C@H]1CCC[C@H](C)[C@H]1C. The third-order valence-electron chi connectivity index (χ3n) is 5.85. The molecule has 0 saturated heterocycles. The minimum Gasteiger partial charge on any atom is -0.352 e. The van der Waals surface area contributed by atoms with E-state index in [-0.39, 0.29) is 30.4 Å². The van der Waals surface area contributed by atoms with Crippen molar-refractivity contribution >= 4 is 29.3 Å². The summed E-state index contributed by atoms with van der Waals surface area (Å²) in [6.45, 7) is 6.51. The van der Waals surface area contributed by atoms with Crippen LogP contribution in [0.4, 0.5) is 5.69 Å². The maximum Gasteiger partial charge on any atom is 0.238 e. The topological polar surface area (TPSA) is 61.4 Å². The van der Waals surface area contributed by atoms with Gasteiger partial charge in [0.25, 0.3) is 0 Å². The van der Waals surface area contributed by atoms with E-state index in [1.165, 1.54) is 6.42 Å². The smallest absolute Gasteiger partial charge is 0.238 e. The molecule has 0 heterocycles. The fraction of sp³-hybridized carbons (Fsp3) is 0.619. The van der Waals surface area contributed by atoms with E-state index in [1.807, 2.05) is 44.5 Å². The Balaban J connectivity index is 1.87. The van der Waals surface area contributed by atoms with Crippen LogP contribution < -0.4 is 10.6 Å². The van der Waals surface area contributed by atoms with Crippen molar-refractivity contribution in [2.75, 3.05) is 25.2 Å². The van der Waals surface area contributed by atoms with Gasteiger partial charge in [0.1, 0.15) is 0 Å². The summed E-state index contributed by atoms with van der Waals surface area (Å²) in [5.41, 5.74) is 0.811. The van der Waals surface area contributed by atoms with E-state index in [1.54, 1.807) is 16.7 Å². The zero-order valence-electron chi connectivity index (χ0n) is 17.1. The van der Waals surface area contributed by atoms with Gasteiger partial charge in [-0.3, -0.25) is 14.5 Å². The summed E-state index contributed by atoms with van der Waals surface area (Å²) in [5.74, 6) is 1.02. The lowest BCUT2D eigenvalue weighted by Crippen LogP contribution is -2.51. The first-order valence-corrected chi connectivity index (χ1v) is 11.0. The van der Waals surface area contributed by atoms with E-state index in [2.05, 4.69) is 24.5 Å². The molecule has 5 nitrogen and oxygen atoms in total. The van der Waals surface area contributed by atoms with Gasteiger partial charge < -0.3 is 10.6 Å². The van der Waals surface area contributed by atoms with Crippen LogP contribution in [-0.4, -0.2) is 48.6 Å². The normalized spacial score (nSPS) is 23.7. The quantitative estimate of drug-likeness (QED) is 0.697. The van der Waals surface area contributed by atoms with Crippen LogP contribution in [0.15, 0.2) is 29.2 Å². The number of amides is 2. The van der Waals surface area contributed by atoms with Gasteiger partial charge in [0.15, 0.2) is 0 Å². The number of nitrogens with one attached hydrogen (secondary N) is 2. The van der Waals surface area contributed by atoms with Gasteiger partial charge in [-0.05, 0) is 50.6 Å². The van der Waals surface area contributed by atoms with E-state index in [9.17, 15) is 9.59 Å². The molecule has 1 aliphatic rings. The van der Waals surface area contributed by atoms with Crippen LogP contribution >= 0.6 is 11.8 Å². The second-order valence-electron chi connectivity index (χ2n) is 7.72. The van der Waals surface area contributed by atoms with Crippen molar-refractivity contribution < 1.29 is 9.59 Å². The molecule has 2 N–H and O–H groups in total. The zero-order chi connectivity index (χ0) is 20.0. The van der Waals surface area contributed by atoms with E-state index in [4.69, 9.17) is 0 Å². The number of anilines is 1. The first kappa shape index (κ1) is 21.8. The number of thioether (sulfide) groups is 1. The number of rotatable bonds is 7. The summed E-state index contributed by atoms with van der Waals surface area (Å²) in [6, 6.07) is 7.61. The molecule has 1 fully saturated rings. The number of hydrogen-bond donors (Lipinski definition) is 2. The highest BCUT2D eigenvalue weighted by molar-refractivity contribution is 7.98. The van der Waals surface area contributed by atoms with Gasteiger partial charge in [-0.25, -0.2) is 0 Å². The molecule has 6 heteroatoms. The Morgan fingerprint density at radius 1 is 1.26 bits per heavy atom. The molecule has 1 aromatic carbocycles. The van der Waals surface area contributed by atoms with Gasteiger partial charge in [0.05, 0.1) is 18.3 Å². The Bertz CT molecular complexity index is 652. The fourth-order valence-electron chi connectivity index (χ4n) is 3.59. The summed E-state index contributed by atoms with van der Waals surface area (Å²) in [6.07, 6.45) is 5.43. The van der Waals surface area contributed by atoms with E-state index in [0.29, 0.717) is 11.8 Å². The molecule has 1 aliphatic carbocycles. The molecule has 2 rings (SSSR count). The third-order valence-corrected chi connectivity index (χ3v) is 6.64. The number of para-hydroxylation sites is 1. The zero-order valence-corrected chi connectivity index (χ0v) is 17.9. The summed E-state index contributed by atoms with van der Waals surface area (Å²) < 4.78 is 0. The van der Waals surface area contributed by atoms with Crippen molar-refractivity contribution in [1.82, 2.24) is 10.2 Å². The van der Waals surface area contributed by atoms with Gasteiger partial charge >= 0.3 is 0 Å². The highest BCUT2D eigenvalue weighted by atomic mass is 32.2. The molecule has 1 saturated carbocycles. The van der Waals surface area contributed by atoms with Crippen molar-refractivity contribution in [3.8, 4) is 0 Å². The van der Waals surface area contributed by atoms with Gasteiger partial charge in [0.2, 0.25) is 11.8 Å². The van der Waals surface area contributed by atoms with Gasteiger partial charge in [-0.1, -0.05) is 38.8 Å². The van der Waals surface area contributed by atoms with Crippen molar-refractivity contribution in [2.24, 2.45) is 11.8 Å². The van der Waals surface area contributed by atoms with Gasteiger partial charge in [-0.2, -0.15) is 0 Å². The van der Waals surface area contributed by atoms with Crippen LogP contribution in [0.1, 0.15) is 40.0 Å². The number of benzene rings is 1. The lowest BCUT2D eigenvalue weighted by molar-refractivity contribution is -0.127. The minimum absolute atomic E-state index is 0.000707. The average molecular weight is 392 g/mol. The van der Waals surface area contributed by atoms with Gasteiger partial charge in [-0.15, -0.1) is 11.8 Å². The number of carbonyl (C=O) groups excluding carboxylic acids is 2. The molecule has 4 atom stereocenters. The Labute approximate surface area is 167 Å². The van der Waals surface area contributed by atoms with Gasteiger partial charge in [0, 0.05) is 10.9 Å². The van der Waals surface area contributed by atoms with Crippen LogP contribution in [0.5, 0.6) is 0 Å². The average Bonchev–Trinajstić information content (AvgIpc) is 2.65. The molecule has 0 spiro atoms. The highest BCUT2D eigenvalue weighted by Crippen LogP contribution is 2.29. The Morgan fingerprint density at radius 3 is 2.67 bits per heavy atom. The van der Waals surface area contributed by atoms with E-state index in [0.717, 1.165) is 23.4 Å². The standard InChI is InChI=1S/C21H33N3O2S/c1-14-9-8-11-17(15(14)2)23-21(26)16(3)24(4)13-20(25)22-18-10-6-7-12-19(18)27-5/h6-7,10,12,14-17H,8-9,11,13H2,1-5H3,(H,22,25)(H,23,26)/t14-,15+,16+,17-/m0/s1. The number of likely N-dealkylation sites (N-methyl/N-ethyl adjacent to an activating group) is 1. The Hall–Kier alpha value is -1.53. The van der Waals surface area contributed by atoms with Crippen LogP contribution in [0.25, 0.3) is 0 Å². The Morgan fingerprint density at radius 2 is 1.96 bits per heavy atom. The molecule has 0 aliphatic heterocycles. The largest absolute Gasteiger partial charge is 0.352 e. The molecule has 0 unspecified atom stereocenters. The molecular formula is C21H33N3O2S. The molecule has 27 heavy (non-hydrogen) atoms. The van der Waals surface area contributed by atoms with Crippen LogP contribution in [0.3, 0.4) is 0 Å². The first-order chi connectivity index (χ1) is 12.8. The number of hydrogen-bond acceptors (Lipinski definition) is 4. The molecule has 0 aromatic heterocycles. The molecule has 2 amide bonds. The predicted octanol–water partition coefficient (Wildman–Crippen LogP) is 3.61. The summed E-state index contributed by atoms with van der Waals surface area (Å²) in [5, 5.41) is 6.15. The molecule has 0 radical (unpaired) electrons. The fourth-order valence-corrected chi connectivity index (χ4v) is 4.14. The summed E-state index contributed by atoms with van der Waals surface area (Å²) in [4.78, 5) is 27.9. The monoisotopic (exact) mass is 391 g/mol. The first-order valence-electron chi connectivity index (χ1n) is 9.77. The molecule has 0 bridgehead atoms. The van der Waals surface area contributed by atoms with E-state index >= 15 is 0 Å². The maximum atomic E-state index is 12.7. The second-order valence-corrected chi connectivity index (χ2v) is 8.57. The van der Waals surface area contributed by atoms with Crippen LogP contribution in [0.2, 0.25) is 0 Å². The molecular weight excluding hydrogens is 358 g/mol. The highest BCUT2D eigenvalue weighted by Gasteiger charge is 2.30.